The summed E-state index contributed by atoms with van der Waals surface area (Å²) in [5.74, 6) is -0.0339. The molecule has 6 nitrogen and oxygen atoms in total. The van der Waals surface area contributed by atoms with Crippen molar-refractivity contribution in [1.29, 1.82) is 0 Å². The lowest BCUT2D eigenvalue weighted by Gasteiger charge is -2.12. The molecule has 0 aliphatic carbocycles. The second-order valence-corrected chi connectivity index (χ2v) is 6.80. The first-order valence-electron chi connectivity index (χ1n) is 9.27. The summed E-state index contributed by atoms with van der Waals surface area (Å²) < 4.78 is 5.37. The van der Waals surface area contributed by atoms with E-state index in [-0.39, 0.29) is 17.4 Å². The zero-order chi connectivity index (χ0) is 21.3. The molecule has 3 rings (SSSR count). The number of rotatable bonds is 6. The van der Waals surface area contributed by atoms with Crippen LogP contribution >= 0.6 is 12.2 Å². The van der Waals surface area contributed by atoms with Gasteiger partial charge in [-0.1, -0.05) is 55.1 Å². The maximum atomic E-state index is 12.3. The van der Waals surface area contributed by atoms with Crippen molar-refractivity contribution < 1.29 is 14.3 Å². The molecule has 3 aromatic rings. The van der Waals surface area contributed by atoms with E-state index in [4.69, 9.17) is 17.0 Å². The first kappa shape index (κ1) is 21.0. The van der Waals surface area contributed by atoms with E-state index < -0.39 is 5.91 Å². The molecule has 0 spiro atoms. The minimum atomic E-state index is -0.393. The number of fused-ring (bicyclic) bond motifs is 1. The van der Waals surface area contributed by atoms with Gasteiger partial charge in [0.1, 0.15) is 12.4 Å². The topological polar surface area (TPSA) is 79.5 Å². The lowest BCUT2D eigenvalue weighted by molar-refractivity contribution is -0.119. The van der Waals surface area contributed by atoms with Crippen molar-refractivity contribution in [2.75, 3.05) is 6.61 Å². The summed E-state index contributed by atoms with van der Waals surface area (Å²) in [4.78, 5) is 24.5. The van der Waals surface area contributed by atoms with Crippen molar-refractivity contribution in [2.24, 2.45) is 0 Å². The number of amides is 2. The molecule has 0 fully saturated rings. The van der Waals surface area contributed by atoms with Gasteiger partial charge in [0.25, 0.3) is 5.91 Å². The third-order valence-electron chi connectivity index (χ3n) is 4.26. The smallest absolute Gasteiger partial charge is 0.269 e. The number of thiocarbonyl (C=S) groups is 1. The molecule has 0 heterocycles. The first-order valence-corrected chi connectivity index (χ1v) is 9.68. The van der Waals surface area contributed by atoms with Crippen molar-refractivity contribution in [1.82, 2.24) is 16.2 Å². The molecule has 0 aliphatic rings. The molecule has 7 heteroatoms. The molecule has 0 saturated carbocycles. The highest BCUT2D eigenvalue weighted by Gasteiger charge is 2.10. The quantitative estimate of drug-likeness (QED) is 0.325. The monoisotopic (exact) mass is 419 g/mol. The Balaban J connectivity index is 1.49. The van der Waals surface area contributed by atoms with Crippen LogP contribution in [0.25, 0.3) is 10.8 Å². The van der Waals surface area contributed by atoms with Crippen LogP contribution in [0.1, 0.15) is 15.9 Å². The number of carbonyl (C=O) groups excluding carboxylic acids is 2. The zero-order valence-electron chi connectivity index (χ0n) is 16.2. The Morgan fingerprint density at radius 2 is 1.70 bits per heavy atom. The number of hydrogen-bond acceptors (Lipinski definition) is 4. The fourth-order valence-electron chi connectivity index (χ4n) is 2.87. The van der Waals surface area contributed by atoms with Gasteiger partial charge in [-0.25, -0.2) is 0 Å². The van der Waals surface area contributed by atoms with Gasteiger partial charge in [0.2, 0.25) is 5.91 Å². The number of carbonyl (C=O) groups is 2. The molecule has 0 aliphatic heterocycles. The normalized spacial score (nSPS) is 10.1. The van der Waals surface area contributed by atoms with E-state index in [2.05, 4.69) is 22.7 Å². The van der Waals surface area contributed by atoms with Gasteiger partial charge in [0, 0.05) is 5.56 Å². The standard InChI is InChI=1S/C23H21N3O3S/c1-2-14-29-19-12-10-17(11-13-19)22(28)25-26-23(30)24-21(27)15-18-8-5-7-16-6-3-4-9-20(16)18/h2-13H,1,14-15H2,(H,25,28)(H2,24,26,27,30). The molecule has 3 N–H and O–H groups in total. The van der Waals surface area contributed by atoms with Gasteiger partial charge < -0.3 is 10.1 Å². The van der Waals surface area contributed by atoms with Gasteiger partial charge in [0.15, 0.2) is 5.11 Å². The third-order valence-corrected chi connectivity index (χ3v) is 4.46. The van der Waals surface area contributed by atoms with Crippen LogP contribution in [0, 0.1) is 0 Å². The summed E-state index contributed by atoms with van der Waals surface area (Å²) in [6.07, 6.45) is 1.81. The highest BCUT2D eigenvalue weighted by Crippen LogP contribution is 2.18. The van der Waals surface area contributed by atoms with Crippen LogP contribution in [0.15, 0.2) is 79.4 Å². The fourth-order valence-corrected chi connectivity index (χ4v) is 3.03. The number of ether oxygens (including phenoxy) is 1. The van der Waals surface area contributed by atoms with E-state index in [1.165, 1.54) is 0 Å². The van der Waals surface area contributed by atoms with Crippen LogP contribution in [-0.4, -0.2) is 23.5 Å². The number of hydrazine groups is 1. The van der Waals surface area contributed by atoms with Crippen LogP contribution in [0.4, 0.5) is 0 Å². The van der Waals surface area contributed by atoms with E-state index in [1.54, 1.807) is 30.3 Å². The molecule has 30 heavy (non-hydrogen) atoms. The summed E-state index contributed by atoms with van der Waals surface area (Å²) in [5, 5.41) is 4.67. The Morgan fingerprint density at radius 1 is 0.967 bits per heavy atom. The summed E-state index contributed by atoms with van der Waals surface area (Å²) >= 11 is 5.09. The van der Waals surface area contributed by atoms with Gasteiger partial charge in [-0.2, -0.15) is 0 Å². The largest absolute Gasteiger partial charge is 0.490 e. The predicted molar refractivity (Wildman–Crippen MR) is 121 cm³/mol. The lowest BCUT2D eigenvalue weighted by Crippen LogP contribution is -2.48. The van der Waals surface area contributed by atoms with Gasteiger partial charge >= 0.3 is 0 Å². The van der Waals surface area contributed by atoms with Gasteiger partial charge in [-0.3, -0.25) is 20.4 Å². The Morgan fingerprint density at radius 3 is 2.47 bits per heavy atom. The number of benzene rings is 3. The minimum Gasteiger partial charge on any atom is -0.490 e. The molecule has 2 amide bonds. The Kier molecular flexibility index (Phi) is 7.13. The van der Waals surface area contributed by atoms with Gasteiger partial charge in [-0.15, -0.1) is 0 Å². The Bertz CT molecular complexity index is 1080. The van der Waals surface area contributed by atoms with E-state index in [1.807, 2.05) is 42.5 Å². The maximum Gasteiger partial charge on any atom is 0.269 e. The molecule has 0 unspecified atom stereocenters. The van der Waals surface area contributed by atoms with Crippen molar-refractivity contribution in [3.63, 3.8) is 0 Å². The molecule has 3 aromatic carbocycles. The van der Waals surface area contributed by atoms with Crippen LogP contribution in [-0.2, 0) is 11.2 Å². The van der Waals surface area contributed by atoms with Crippen LogP contribution in [0.2, 0.25) is 0 Å². The Labute approximate surface area is 179 Å². The van der Waals surface area contributed by atoms with E-state index >= 15 is 0 Å². The SMILES string of the molecule is C=CCOc1ccc(C(=O)NNC(=S)NC(=O)Cc2cccc3ccccc23)cc1. The summed E-state index contributed by atoms with van der Waals surface area (Å²) in [5.41, 5.74) is 6.31. The van der Waals surface area contributed by atoms with E-state index in [0.717, 1.165) is 16.3 Å². The predicted octanol–water partition coefficient (Wildman–Crippen LogP) is 3.28. The molecule has 0 saturated heterocycles. The molecular weight excluding hydrogens is 398 g/mol. The second kappa shape index (κ2) is 10.2. The van der Waals surface area contributed by atoms with Crippen molar-refractivity contribution >= 4 is 39.9 Å². The first-order chi connectivity index (χ1) is 14.6. The zero-order valence-corrected chi connectivity index (χ0v) is 17.0. The highest BCUT2D eigenvalue weighted by atomic mass is 32.1. The second-order valence-electron chi connectivity index (χ2n) is 6.40. The van der Waals surface area contributed by atoms with Crippen molar-refractivity contribution in [2.45, 2.75) is 6.42 Å². The molecule has 0 radical (unpaired) electrons. The van der Waals surface area contributed by atoms with Crippen LogP contribution in [0.5, 0.6) is 5.75 Å². The van der Waals surface area contributed by atoms with Crippen molar-refractivity contribution in [3.05, 3.63) is 90.5 Å². The average Bonchev–Trinajstić information content (AvgIpc) is 2.76. The molecule has 152 valence electrons. The minimum absolute atomic E-state index is 0.0134. The lowest BCUT2D eigenvalue weighted by atomic mass is 10.0. The highest BCUT2D eigenvalue weighted by molar-refractivity contribution is 7.80. The summed E-state index contributed by atoms with van der Waals surface area (Å²) in [7, 11) is 0. The number of hydrogen-bond donors (Lipinski definition) is 3. The molecule has 0 bridgehead atoms. The van der Waals surface area contributed by atoms with Crippen LogP contribution in [0.3, 0.4) is 0 Å². The number of nitrogens with one attached hydrogen (secondary N) is 3. The van der Waals surface area contributed by atoms with Gasteiger partial charge in [-0.05, 0) is 52.8 Å². The molecular formula is C23H21N3O3S. The van der Waals surface area contributed by atoms with Gasteiger partial charge in [0.05, 0.1) is 6.42 Å². The fraction of sp³-hybridized carbons (Fsp3) is 0.0870. The van der Waals surface area contributed by atoms with E-state index in [9.17, 15) is 9.59 Å². The maximum absolute atomic E-state index is 12.3. The molecule has 0 atom stereocenters. The van der Waals surface area contributed by atoms with Crippen LogP contribution < -0.4 is 20.9 Å². The summed E-state index contributed by atoms with van der Waals surface area (Å²) in [6, 6.07) is 20.3. The van der Waals surface area contributed by atoms with Crippen molar-refractivity contribution in [3.8, 4) is 5.75 Å². The average molecular weight is 420 g/mol. The summed E-state index contributed by atoms with van der Waals surface area (Å²) in [6.45, 7) is 3.97. The third kappa shape index (κ3) is 5.65. The molecule has 0 aromatic heterocycles. The Hall–Kier alpha value is -3.71. The van der Waals surface area contributed by atoms with E-state index in [0.29, 0.717) is 17.9 Å².